The van der Waals surface area contributed by atoms with Gasteiger partial charge in [0.2, 0.25) is 0 Å². The zero-order chi connectivity index (χ0) is 18.6. The fourth-order valence-electron chi connectivity index (χ4n) is 3.81. The number of guanidine groups is 1. The van der Waals surface area contributed by atoms with E-state index in [2.05, 4.69) is 45.5 Å². The van der Waals surface area contributed by atoms with Crippen LogP contribution in [0.5, 0.6) is 5.75 Å². The second-order valence-electron chi connectivity index (χ2n) is 7.17. The van der Waals surface area contributed by atoms with Crippen molar-refractivity contribution in [2.45, 2.75) is 31.5 Å². The highest BCUT2D eigenvalue weighted by molar-refractivity contribution is 6.31. The Morgan fingerprint density at radius 3 is 2.70 bits per heavy atom. The van der Waals surface area contributed by atoms with Gasteiger partial charge < -0.3 is 15.8 Å². The van der Waals surface area contributed by atoms with Crippen LogP contribution in [0.3, 0.4) is 0 Å². The van der Waals surface area contributed by atoms with Crippen molar-refractivity contribution >= 4 is 17.6 Å². The molecule has 142 valence electrons. The smallest absolute Gasteiger partial charge is 0.189 e. The third kappa shape index (κ3) is 4.37. The third-order valence-electron chi connectivity index (χ3n) is 5.23. The summed E-state index contributed by atoms with van der Waals surface area (Å²) in [5, 5.41) is 4.06. The molecule has 27 heavy (non-hydrogen) atoms. The molecule has 2 aromatic carbocycles. The molecule has 1 saturated heterocycles. The Kier molecular flexibility index (Phi) is 5.50. The van der Waals surface area contributed by atoms with Gasteiger partial charge in [0.1, 0.15) is 18.4 Å². The molecule has 0 aliphatic carbocycles. The van der Waals surface area contributed by atoms with Crippen molar-refractivity contribution in [1.82, 2.24) is 10.2 Å². The largest absolute Gasteiger partial charge is 0.491 e. The molecule has 1 unspecified atom stereocenters. The number of halogens is 1. The maximum atomic E-state index is 6.31. The topological polar surface area (TPSA) is 62.9 Å². The average Bonchev–Trinajstić information content (AvgIpc) is 3.08. The number of likely N-dealkylation sites (tertiary alicyclic amines) is 1. The van der Waals surface area contributed by atoms with E-state index in [1.807, 2.05) is 18.2 Å². The Bertz CT molecular complexity index is 803. The van der Waals surface area contributed by atoms with Gasteiger partial charge >= 0.3 is 0 Å². The van der Waals surface area contributed by atoms with Gasteiger partial charge in [0.15, 0.2) is 5.96 Å². The first-order valence-electron chi connectivity index (χ1n) is 9.46. The predicted molar refractivity (Wildman–Crippen MR) is 109 cm³/mol. The van der Waals surface area contributed by atoms with Crippen molar-refractivity contribution in [3.63, 3.8) is 0 Å². The molecule has 1 atom stereocenters. The van der Waals surface area contributed by atoms with Crippen molar-refractivity contribution in [3.05, 3.63) is 64.7 Å². The van der Waals surface area contributed by atoms with Crippen molar-refractivity contribution in [1.29, 1.82) is 0 Å². The number of aliphatic imine (C=N–C) groups is 1. The van der Waals surface area contributed by atoms with Gasteiger partial charge in [-0.05, 0) is 30.5 Å². The zero-order valence-corrected chi connectivity index (χ0v) is 16.0. The molecule has 6 heteroatoms. The van der Waals surface area contributed by atoms with Crippen molar-refractivity contribution in [2.24, 2.45) is 10.7 Å². The van der Waals surface area contributed by atoms with Gasteiger partial charge in [-0.3, -0.25) is 4.90 Å². The summed E-state index contributed by atoms with van der Waals surface area (Å²) in [4.78, 5) is 7.11. The van der Waals surface area contributed by atoms with Crippen molar-refractivity contribution in [2.75, 3.05) is 19.7 Å². The minimum absolute atomic E-state index is 0.139. The molecule has 5 nitrogen and oxygen atoms in total. The molecular weight excluding hydrogens is 360 g/mol. The normalized spacial score (nSPS) is 20.9. The number of nitrogens with zero attached hydrogens (tertiary/aromatic N) is 2. The summed E-state index contributed by atoms with van der Waals surface area (Å²) < 4.78 is 5.67. The van der Waals surface area contributed by atoms with Gasteiger partial charge in [-0.15, -0.1) is 0 Å². The van der Waals surface area contributed by atoms with Gasteiger partial charge in [0.25, 0.3) is 0 Å². The van der Waals surface area contributed by atoms with Crippen LogP contribution in [0.25, 0.3) is 0 Å². The van der Waals surface area contributed by atoms with E-state index in [-0.39, 0.29) is 6.04 Å². The standard InChI is InChI=1S/C21H25ClN4O/c22-17-7-4-8-19-20(17)18(14-27-19)25-21(23)24-16-9-11-26(12-10-16)13-15-5-2-1-3-6-15/h1-8,16,18H,9-14H2,(H3,23,24,25). The van der Waals surface area contributed by atoms with Gasteiger partial charge in [-0.2, -0.15) is 0 Å². The van der Waals surface area contributed by atoms with E-state index in [1.165, 1.54) is 5.56 Å². The highest BCUT2D eigenvalue weighted by Crippen LogP contribution is 2.39. The molecule has 0 bridgehead atoms. The van der Waals surface area contributed by atoms with Crippen molar-refractivity contribution in [3.8, 4) is 5.75 Å². The number of piperidine rings is 1. The van der Waals surface area contributed by atoms with Crippen LogP contribution in [0.1, 0.15) is 30.0 Å². The van der Waals surface area contributed by atoms with E-state index < -0.39 is 0 Å². The van der Waals surface area contributed by atoms with Crippen LogP contribution >= 0.6 is 11.6 Å². The van der Waals surface area contributed by atoms with Crippen LogP contribution in [0.4, 0.5) is 0 Å². The lowest BCUT2D eigenvalue weighted by Gasteiger charge is -2.32. The molecule has 3 N–H and O–H groups in total. The first-order chi connectivity index (χ1) is 13.2. The number of hydrogen-bond donors (Lipinski definition) is 2. The molecule has 2 aliphatic rings. The highest BCUT2D eigenvalue weighted by atomic mass is 35.5. The molecular formula is C21H25ClN4O. The molecule has 0 aromatic heterocycles. The van der Waals surface area contributed by atoms with Crippen LogP contribution < -0.4 is 15.8 Å². The molecule has 0 amide bonds. The Balaban J connectivity index is 1.30. The minimum Gasteiger partial charge on any atom is -0.491 e. The fourth-order valence-corrected chi connectivity index (χ4v) is 4.10. The predicted octanol–water partition coefficient (Wildman–Crippen LogP) is 3.34. The van der Waals surface area contributed by atoms with Crippen molar-refractivity contribution < 1.29 is 4.74 Å². The summed E-state index contributed by atoms with van der Waals surface area (Å²) in [5.41, 5.74) is 8.47. The summed E-state index contributed by atoms with van der Waals surface area (Å²) in [6, 6.07) is 16.5. The average molecular weight is 385 g/mol. The molecule has 0 radical (unpaired) electrons. The molecule has 0 saturated carbocycles. The van der Waals surface area contributed by atoms with Gasteiger partial charge in [-0.25, -0.2) is 4.99 Å². The fraction of sp³-hybridized carbons (Fsp3) is 0.381. The first-order valence-corrected chi connectivity index (χ1v) is 9.84. The Labute approximate surface area is 165 Å². The lowest BCUT2D eigenvalue weighted by atomic mass is 10.0. The SMILES string of the molecule is NC(=NC1COc2cccc(Cl)c21)NC1CCN(Cc2ccccc2)CC1. The third-order valence-corrected chi connectivity index (χ3v) is 5.56. The molecule has 2 heterocycles. The maximum Gasteiger partial charge on any atom is 0.189 e. The van der Waals surface area contributed by atoms with Crippen LogP contribution in [0, 0.1) is 0 Å². The number of rotatable bonds is 4. The number of fused-ring (bicyclic) bond motifs is 1. The quantitative estimate of drug-likeness (QED) is 0.626. The summed E-state index contributed by atoms with van der Waals surface area (Å²) in [6.45, 7) is 3.60. The van der Waals surface area contributed by atoms with Gasteiger partial charge in [0.05, 0.1) is 0 Å². The van der Waals surface area contributed by atoms with E-state index in [0.29, 0.717) is 23.6 Å². The summed E-state index contributed by atoms with van der Waals surface area (Å²) in [7, 11) is 0. The Hall–Kier alpha value is -2.24. The maximum absolute atomic E-state index is 6.31. The molecule has 2 aromatic rings. The number of nitrogens with two attached hydrogens (primary N) is 1. The number of benzene rings is 2. The van der Waals surface area contributed by atoms with Crippen LogP contribution in [0.2, 0.25) is 5.02 Å². The number of hydrogen-bond acceptors (Lipinski definition) is 3. The monoisotopic (exact) mass is 384 g/mol. The van der Waals surface area contributed by atoms with Gasteiger partial charge in [0, 0.05) is 36.3 Å². The number of ether oxygens (including phenoxy) is 1. The summed E-state index contributed by atoms with van der Waals surface area (Å²) in [5.74, 6) is 1.27. The highest BCUT2D eigenvalue weighted by Gasteiger charge is 2.27. The minimum atomic E-state index is -0.139. The molecule has 1 fully saturated rings. The second-order valence-corrected chi connectivity index (χ2v) is 7.58. The second kappa shape index (κ2) is 8.19. The first kappa shape index (κ1) is 18.1. The Morgan fingerprint density at radius 1 is 1.15 bits per heavy atom. The lowest BCUT2D eigenvalue weighted by molar-refractivity contribution is 0.198. The van der Waals surface area contributed by atoms with Crippen LogP contribution in [-0.4, -0.2) is 36.6 Å². The van der Waals surface area contributed by atoms with Gasteiger partial charge in [-0.1, -0.05) is 48.0 Å². The zero-order valence-electron chi connectivity index (χ0n) is 15.3. The van der Waals surface area contributed by atoms with Crippen LogP contribution in [-0.2, 0) is 6.54 Å². The van der Waals surface area contributed by atoms with E-state index in [4.69, 9.17) is 22.1 Å². The summed E-state index contributed by atoms with van der Waals surface area (Å²) >= 11 is 6.31. The molecule has 4 rings (SSSR count). The van der Waals surface area contributed by atoms with E-state index in [0.717, 1.165) is 43.8 Å². The van der Waals surface area contributed by atoms with Crippen LogP contribution in [0.15, 0.2) is 53.5 Å². The molecule has 0 spiro atoms. The number of nitrogens with one attached hydrogen (secondary N) is 1. The summed E-state index contributed by atoms with van der Waals surface area (Å²) in [6.07, 6.45) is 2.11. The Morgan fingerprint density at radius 2 is 1.93 bits per heavy atom. The molecule has 2 aliphatic heterocycles. The van der Waals surface area contributed by atoms with E-state index in [1.54, 1.807) is 0 Å². The van der Waals surface area contributed by atoms with E-state index >= 15 is 0 Å². The van der Waals surface area contributed by atoms with E-state index in [9.17, 15) is 0 Å². The lowest BCUT2D eigenvalue weighted by Crippen LogP contribution is -2.47.